The molecule has 7 heteroatoms. The van der Waals surface area contributed by atoms with Gasteiger partial charge in [-0.2, -0.15) is 5.26 Å². The van der Waals surface area contributed by atoms with Crippen molar-refractivity contribution in [3.63, 3.8) is 0 Å². The Morgan fingerprint density at radius 2 is 2.07 bits per heavy atom. The first-order chi connectivity index (χ1) is 13.7. The monoisotopic (exact) mass is 406 g/mol. The highest BCUT2D eigenvalue weighted by atomic mass is 35.5. The number of hydrogen-bond donors (Lipinski definition) is 1. The van der Waals surface area contributed by atoms with Crippen molar-refractivity contribution < 1.29 is 4.79 Å². The predicted octanol–water partition coefficient (Wildman–Crippen LogP) is 4.56. The summed E-state index contributed by atoms with van der Waals surface area (Å²) in [5.74, 6) is -0.234. The number of nitriles is 1. The summed E-state index contributed by atoms with van der Waals surface area (Å²) in [7, 11) is 0. The number of carbonyl (C=O) groups excluding carboxylic acids is 1. The van der Waals surface area contributed by atoms with Crippen LogP contribution in [0.4, 0.5) is 0 Å². The molecule has 28 heavy (non-hydrogen) atoms. The predicted molar refractivity (Wildman–Crippen MR) is 111 cm³/mol. The Bertz CT molecular complexity index is 1190. The molecule has 1 amide bonds. The molecule has 2 aromatic carbocycles. The number of benzene rings is 2. The lowest BCUT2D eigenvalue weighted by atomic mass is 10.1. The lowest BCUT2D eigenvalue weighted by Crippen LogP contribution is -2.26. The van der Waals surface area contributed by atoms with E-state index in [0.29, 0.717) is 34.9 Å². The summed E-state index contributed by atoms with van der Waals surface area (Å²) in [5.41, 5.74) is 3.47. The van der Waals surface area contributed by atoms with Crippen LogP contribution >= 0.6 is 22.9 Å². The summed E-state index contributed by atoms with van der Waals surface area (Å²) < 4.78 is 1.88. The van der Waals surface area contributed by atoms with E-state index in [1.807, 2.05) is 52.4 Å². The summed E-state index contributed by atoms with van der Waals surface area (Å²) in [4.78, 5) is 18.1. The smallest absolute Gasteiger partial charge is 0.272 e. The van der Waals surface area contributed by atoms with Crippen molar-refractivity contribution in [3.8, 4) is 17.3 Å². The third-order valence-electron chi connectivity index (χ3n) is 4.35. The van der Waals surface area contributed by atoms with Crippen LogP contribution in [0.1, 0.15) is 21.6 Å². The molecule has 5 nitrogen and oxygen atoms in total. The first kappa shape index (κ1) is 18.2. The van der Waals surface area contributed by atoms with Crippen molar-refractivity contribution >= 4 is 33.8 Å². The number of thiazole rings is 1. The molecule has 0 fully saturated rings. The summed E-state index contributed by atoms with van der Waals surface area (Å²) in [6.07, 6.45) is 2.58. The van der Waals surface area contributed by atoms with Gasteiger partial charge in [0.1, 0.15) is 0 Å². The topological polar surface area (TPSA) is 70.2 Å². The molecule has 0 spiro atoms. The second kappa shape index (κ2) is 7.85. The fraction of sp³-hybridized carbons (Fsp3) is 0.0952. The van der Waals surface area contributed by atoms with E-state index in [-0.39, 0.29) is 5.91 Å². The molecule has 0 bridgehead atoms. The molecule has 0 saturated heterocycles. The number of hydrogen-bond acceptors (Lipinski definition) is 4. The summed E-state index contributed by atoms with van der Waals surface area (Å²) in [6, 6.07) is 16.9. The Kier molecular flexibility index (Phi) is 5.11. The van der Waals surface area contributed by atoms with Crippen LogP contribution < -0.4 is 5.32 Å². The van der Waals surface area contributed by atoms with Gasteiger partial charge in [0.25, 0.3) is 5.91 Å². The third-order valence-corrected chi connectivity index (χ3v) is 5.36. The highest BCUT2D eigenvalue weighted by Gasteiger charge is 2.21. The van der Waals surface area contributed by atoms with Crippen LogP contribution in [0.15, 0.2) is 60.1 Å². The van der Waals surface area contributed by atoms with Crippen LogP contribution in [0.25, 0.3) is 16.2 Å². The van der Waals surface area contributed by atoms with Gasteiger partial charge in [0, 0.05) is 28.7 Å². The zero-order valence-corrected chi connectivity index (χ0v) is 16.3. The van der Waals surface area contributed by atoms with E-state index < -0.39 is 0 Å². The van der Waals surface area contributed by atoms with Gasteiger partial charge in [0.15, 0.2) is 10.7 Å². The SMILES string of the molecule is N#Cc1cccc(-c2c(C(=O)NCCc3ccc(Cl)cc3)nc3sccn23)c1. The fourth-order valence-electron chi connectivity index (χ4n) is 3.01. The molecule has 0 atom stereocenters. The van der Waals surface area contributed by atoms with Gasteiger partial charge in [0.05, 0.1) is 17.3 Å². The number of amides is 1. The van der Waals surface area contributed by atoms with Gasteiger partial charge in [0.2, 0.25) is 0 Å². The molecule has 0 aliphatic rings. The molecule has 0 saturated carbocycles. The van der Waals surface area contributed by atoms with E-state index in [4.69, 9.17) is 11.6 Å². The zero-order valence-electron chi connectivity index (χ0n) is 14.7. The molecule has 2 aromatic heterocycles. The van der Waals surface area contributed by atoms with Gasteiger partial charge in [-0.3, -0.25) is 9.20 Å². The second-order valence-corrected chi connectivity index (χ2v) is 7.50. The highest BCUT2D eigenvalue weighted by molar-refractivity contribution is 7.15. The second-order valence-electron chi connectivity index (χ2n) is 6.19. The number of fused-ring (bicyclic) bond motifs is 1. The molecule has 1 N–H and O–H groups in total. The highest BCUT2D eigenvalue weighted by Crippen LogP contribution is 2.28. The van der Waals surface area contributed by atoms with Gasteiger partial charge in [-0.25, -0.2) is 4.98 Å². The standard InChI is InChI=1S/C21H15ClN4OS/c22-17-6-4-14(5-7-17)8-9-24-20(27)18-19(26-10-11-28-21(26)25-18)16-3-1-2-15(12-16)13-23/h1-7,10-12H,8-9H2,(H,24,27). The van der Waals surface area contributed by atoms with E-state index in [2.05, 4.69) is 16.4 Å². The molecular formula is C21H15ClN4OS. The molecule has 0 radical (unpaired) electrons. The lowest BCUT2D eigenvalue weighted by Gasteiger charge is -2.07. The normalized spacial score (nSPS) is 10.7. The van der Waals surface area contributed by atoms with Crippen LogP contribution in [0.5, 0.6) is 0 Å². The molecule has 0 aliphatic heterocycles. The van der Waals surface area contributed by atoms with Crippen molar-refractivity contribution in [2.45, 2.75) is 6.42 Å². The molecule has 138 valence electrons. The maximum absolute atomic E-state index is 12.8. The largest absolute Gasteiger partial charge is 0.350 e. The zero-order chi connectivity index (χ0) is 19.5. The lowest BCUT2D eigenvalue weighted by molar-refractivity contribution is 0.0950. The molecular weight excluding hydrogens is 392 g/mol. The third kappa shape index (κ3) is 3.63. The molecule has 4 aromatic rings. The van der Waals surface area contributed by atoms with Gasteiger partial charge < -0.3 is 5.32 Å². The average molecular weight is 407 g/mol. The van der Waals surface area contributed by atoms with Gasteiger partial charge in [-0.05, 0) is 36.2 Å². The van der Waals surface area contributed by atoms with E-state index >= 15 is 0 Å². The minimum absolute atomic E-state index is 0.234. The van der Waals surface area contributed by atoms with Crippen LogP contribution in [-0.4, -0.2) is 21.8 Å². The van der Waals surface area contributed by atoms with Crippen LogP contribution in [0.3, 0.4) is 0 Å². The van der Waals surface area contributed by atoms with Crippen molar-refractivity contribution in [2.75, 3.05) is 6.54 Å². The number of rotatable bonds is 5. The van der Waals surface area contributed by atoms with Crippen LogP contribution in [0.2, 0.25) is 5.02 Å². The molecule has 4 rings (SSSR count). The maximum atomic E-state index is 12.8. The van der Waals surface area contributed by atoms with Gasteiger partial charge in [-0.1, -0.05) is 35.9 Å². The number of halogens is 1. The van der Waals surface area contributed by atoms with Gasteiger partial charge in [-0.15, -0.1) is 11.3 Å². The number of aromatic nitrogens is 2. The van der Waals surface area contributed by atoms with Crippen LogP contribution in [-0.2, 0) is 6.42 Å². The summed E-state index contributed by atoms with van der Waals surface area (Å²) in [6.45, 7) is 0.489. The fourth-order valence-corrected chi connectivity index (χ4v) is 3.85. The number of imidazole rings is 1. The van der Waals surface area contributed by atoms with Crippen LogP contribution in [0, 0.1) is 11.3 Å². The van der Waals surface area contributed by atoms with Crippen molar-refractivity contribution in [2.24, 2.45) is 0 Å². The van der Waals surface area contributed by atoms with E-state index in [1.165, 1.54) is 11.3 Å². The summed E-state index contributed by atoms with van der Waals surface area (Å²) in [5, 5.41) is 14.7. The van der Waals surface area contributed by atoms with Crippen molar-refractivity contribution in [1.82, 2.24) is 14.7 Å². The summed E-state index contributed by atoms with van der Waals surface area (Å²) >= 11 is 7.36. The molecule has 0 unspecified atom stereocenters. The number of nitrogens with zero attached hydrogens (tertiary/aromatic N) is 3. The first-order valence-corrected chi connectivity index (χ1v) is 9.90. The minimum Gasteiger partial charge on any atom is -0.350 e. The van der Waals surface area contributed by atoms with E-state index in [0.717, 1.165) is 16.1 Å². The van der Waals surface area contributed by atoms with Gasteiger partial charge >= 0.3 is 0 Å². The van der Waals surface area contributed by atoms with E-state index in [9.17, 15) is 10.1 Å². The Balaban J connectivity index is 1.59. The molecule has 0 aliphatic carbocycles. The van der Waals surface area contributed by atoms with Crippen molar-refractivity contribution in [3.05, 3.63) is 82.0 Å². The Morgan fingerprint density at radius 1 is 1.25 bits per heavy atom. The molecule has 2 heterocycles. The number of carbonyl (C=O) groups is 1. The first-order valence-electron chi connectivity index (χ1n) is 8.64. The van der Waals surface area contributed by atoms with E-state index in [1.54, 1.807) is 12.1 Å². The Hall–Kier alpha value is -3.14. The maximum Gasteiger partial charge on any atom is 0.272 e. The minimum atomic E-state index is -0.234. The number of nitrogens with one attached hydrogen (secondary N) is 1. The Morgan fingerprint density at radius 3 is 2.86 bits per heavy atom. The quantitative estimate of drug-likeness (QED) is 0.528. The Labute approximate surface area is 170 Å². The van der Waals surface area contributed by atoms with Crippen molar-refractivity contribution in [1.29, 1.82) is 5.26 Å². The average Bonchev–Trinajstić information content (AvgIpc) is 3.30.